The number of benzene rings is 1. The molecule has 27 heavy (non-hydrogen) atoms. The third-order valence-electron chi connectivity index (χ3n) is 4.66. The largest absolute Gasteiger partial charge is 0.394 e. The molecule has 0 unspecified atom stereocenters. The van der Waals surface area contributed by atoms with E-state index in [-0.39, 0.29) is 10.8 Å². The minimum absolute atomic E-state index is 0.0249. The third kappa shape index (κ3) is 2.84. The molecule has 0 amide bonds. The van der Waals surface area contributed by atoms with Gasteiger partial charge < -0.3 is 30.4 Å². The van der Waals surface area contributed by atoms with Crippen LogP contribution in [0.5, 0.6) is 0 Å². The predicted molar refractivity (Wildman–Crippen MR) is 95.0 cm³/mol. The first-order valence-electron chi connectivity index (χ1n) is 8.11. The first-order chi connectivity index (χ1) is 12.9. The SMILES string of the molecule is Nc1ncnc2c([C@@H]3O[C@H](CO)[C@@H](O)[C@H]3O)cn(-c3ccc(Cl)c(F)c3)c12. The molecular formula is C17H16ClFN4O4. The van der Waals surface area contributed by atoms with Crippen molar-refractivity contribution in [1.29, 1.82) is 0 Å². The Morgan fingerprint density at radius 3 is 2.70 bits per heavy atom. The Balaban J connectivity index is 1.91. The second-order valence-corrected chi connectivity index (χ2v) is 6.68. The molecule has 5 N–H and O–H groups in total. The van der Waals surface area contributed by atoms with E-state index < -0.39 is 36.8 Å². The molecule has 4 rings (SSSR count). The van der Waals surface area contributed by atoms with Crippen molar-refractivity contribution in [2.75, 3.05) is 12.3 Å². The van der Waals surface area contributed by atoms with Crippen molar-refractivity contribution < 1.29 is 24.4 Å². The number of nitrogens with two attached hydrogens (primary N) is 1. The van der Waals surface area contributed by atoms with Gasteiger partial charge in [0, 0.05) is 17.4 Å². The molecule has 1 aliphatic heterocycles. The molecule has 0 bridgehead atoms. The van der Waals surface area contributed by atoms with Crippen molar-refractivity contribution >= 4 is 28.5 Å². The van der Waals surface area contributed by atoms with E-state index in [2.05, 4.69) is 9.97 Å². The fourth-order valence-corrected chi connectivity index (χ4v) is 3.43. The van der Waals surface area contributed by atoms with E-state index in [1.54, 1.807) is 16.8 Å². The Morgan fingerprint density at radius 1 is 1.26 bits per heavy atom. The van der Waals surface area contributed by atoms with Crippen LogP contribution in [0.3, 0.4) is 0 Å². The van der Waals surface area contributed by atoms with E-state index in [9.17, 15) is 19.7 Å². The van der Waals surface area contributed by atoms with Crippen LogP contribution in [0.2, 0.25) is 5.02 Å². The van der Waals surface area contributed by atoms with Gasteiger partial charge in [0.05, 0.1) is 11.6 Å². The summed E-state index contributed by atoms with van der Waals surface area (Å²) in [4.78, 5) is 8.19. The number of aromatic nitrogens is 3. The summed E-state index contributed by atoms with van der Waals surface area (Å²) in [7, 11) is 0. The zero-order chi connectivity index (χ0) is 19.3. The van der Waals surface area contributed by atoms with E-state index in [1.165, 1.54) is 18.5 Å². The quantitative estimate of drug-likeness (QED) is 0.521. The van der Waals surface area contributed by atoms with Gasteiger partial charge in [0.1, 0.15) is 47.6 Å². The molecule has 142 valence electrons. The van der Waals surface area contributed by atoms with Gasteiger partial charge in [0.15, 0.2) is 5.82 Å². The van der Waals surface area contributed by atoms with Gasteiger partial charge in [-0.25, -0.2) is 14.4 Å². The molecule has 1 saturated heterocycles. The maximum Gasteiger partial charge on any atom is 0.151 e. The maximum absolute atomic E-state index is 14.0. The van der Waals surface area contributed by atoms with Crippen LogP contribution in [-0.4, -0.2) is 54.8 Å². The number of aliphatic hydroxyl groups is 3. The molecule has 4 atom stereocenters. The van der Waals surface area contributed by atoms with Gasteiger partial charge in [-0.1, -0.05) is 11.6 Å². The lowest BCUT2D eigenvalue weighted by Gasteiger charge is -2.13. The predicted octanol–water partition coefficient (Wildman–Crippen LogP) is 0.949. The highest BCUT2D eigenvalue weighted by atomic mass is 35.5. The van der Waals surface area contributed by atoms with Gasteiger partial charge >= 0.3 is 0 Å². The molecule has 3 heterocycles. The van der Waals surface area contributed by atoms with Crippen LogP contribution in [0.1, 0.15) is 11.7 Å². The molecule has 3 aromatic rings. The first-order valence-corrected chi connectivity index (χ1v) is 8.49. The van der Waals surface area contributed by atoms with Gasteiger partial charge in [-0.15, -0.1) is 0 Å². The van der Waals surface area contributed by atoms with Crippen LogP contribution >= 0.6 is 11.6 Å². The number of nitrogen functional groups attached to an aromatic ring is 1. The average Bonchev–Trinajstić information content (AvgIpc) is 3.17. The number of nitrogens with zero attached hydrogens (tertiary/aromatic N) is 3. The summed E-state index contributed by atoms with van der Waals surface area (Å²) >= 11 is 5.76. The summed E-state index contributed by atoms with van der Waals surface area (Å²) in [5.41, 5.74) is 7.63. The van der Waals surface area contributed by atoms with Crippen LogP contribution in [0, 0.1) is 5.82 Å². The number of hydrogen-bond acceptors (Lipinski definition) is 7. The third-order valence-corrected chi connectivity index (χ3v) is 4.97. The Kier molecular flexibility index (Phi) is 4.49. The highest BCUT2D eigenvalue weighted by Gasteiger charge is 2.44. The van der Waals surface area contributed by atoms with E-state index in [1.807, 2.05) is 0 Å². The highest BCUT2D eigenvalue weighted by Crippen LogP contribution is 2.39. The van der Waals surface area contributed by atoms with E-state index in [0.29, 0.717) is 22.3 Å². The number of aliphatic hydroxyl groups excluding tert-OH is 3. The minimum Gasteiger partial charge on any atom is -0.394 e. The average molecular weight is 395 g/mol. The van der Waals surface area contributed by atoms with Gasteiger partial charge in [-0.2, -0.15) is 0 Å². The molecule has 10 heteroatoms. The number of halogens is 2. The van der Waals surface area contributed by atoms with Crippen molar-refractivity contribution in [3.05, 3.63) is 47.1 Å². The summed E-state index contributed by atoms with van der Waals surface area (Å²) in [6.45, 7) is -0.452. The van der Waals surface area contributed by atoms with Crippen LogP contribution in [0.25, 0.3) is 16.7 Å². The Bertz CT molecular complexity index is 1010. The summed E-state index contributed by atoms with van der Waals surface area (Å²) in [5.74, 6) is -0.464. The van der Waals surface area contributed by atoms with Crippen LogP contribution in [0.15, 0.2) is 30.7 Å². The Morgan fingerprint density at radius 2 is 2.04 bits per heavy atom. The molecule has 1 fully saturated rings. The van der Waals surface area contributed by atoms with Crippen molar-refractivity contribution in [1.82, 2.24) is 14.5 Å². The topological polar surface area (TPSA) is 127 Å². The number of ether oxygens (including phenoxy) is 1. The lowest BCUT2D eigenvalue weighted by Crippen LogP contribution is -2.32. The van der Waals surface area contributed by atoms with Crippen molar-refractivity contribution in [2.45, 2.75) is 24.4 Å². The van der Waals surface area contributed by atoms with Crippen molar-refractivity contribution in [2.24, 2.45) is 0 Å². The number of rotatable bonds is 3. The summed E-state index contributed by atoms with van der Waals surface area (Å²) < 4.78 is 21.1. The van der Waals surface area contributed by atoms with Gasteiger partial charge in [0.25, 0.3) is 0 Å². The summed E-state index contributed by atoms with van der Waals surface area (Å²) in [6.07, 6.45) is -1.58. The zero-order valence-corrected chi connectivity index (χ0v) is 14.6. The first kappa shape index (κ1) is 18.1. The number of fused-ring (bicyclic) bond motifs is 1. The standard InChI is InChI=1S/C17H16ClFN4O4/c18-9-2-1-7(3-10(9)19)23-4-8(12-13(23)17(20)22-6-21-12)16-15(26)14(25)11(5-24)27-16/h1-4,6,11,14-16,24-26H,5H2,(H2,20,21,22)/t11-,14-,15-,16+/m1/s1. The molecule has 1 aromatic carbocycles. The molecule has 0 radical (unpaired) electrons. The van der Waals surface area contributed by atoms with E-state index in [0.717, 1.165) is 0 Å². The smallest absolute Gasteiger partial charge is 0.151 e. The Labute approximate surface area is 157 Å². The van der Waals surface area contributed by atoms with Crippen LogP contribution in [0.4, 0.5) is 10.2 Å². The summed E-state index contributed by atoms with van der Waals surface area (Å²) in [6, 6.07) is 4.23. The Hall–Kier alpha value is -2.30. The van der Waals surface area contributed by atoms with Gasteiger partial charge in [-0.3, -0.25) is 0 Å². The second kappa shape index (κ2) is 6.70. The minimum atomic E-state index is -1.28. The highest BCUT2D eigenvalue weighted by molar-refractivity contribution is 6.30. The molecule has 0 saturated carbocycles. The van der Waals surface area contributed by atoms with Crippen molar-refractivity contribution in [3.8, 4) is 5.69 Å². The van der Waals surface area contributed by atoms with Crippen LogP contribution < -0.4 is 5.73 Å². The second-order valence-electron chi connectivity index (χ2n) is 6.27. The fourth-order valence-electron chi connectivity index (χ4n) is 3.31. The maximum atomic E-state index is 14.0. The lowest BCUT2D eigenvalue weighted by molar-refractivity contribution is -0.0224. The molecule has 0 aliphatic carbocycles. The lowest BCUT2D eigenvalue weighted by atomic mass is 10.0. The van der Waals surface area contributed by atoms with E-state index >= 15 is 0 Å². The molecule has 8 nitrogen and oxygen atoms in total. The van der Waals surface area contributed by atoms with Gasteiger partial charge in [0.2, 0.25) is 0 Å². The number of hydrogen-bond donors (Lipinski definition) is 4. The fraction of sp³-hybridized carbons (Fsp3) is 0.294. The van der Waals surface area contributed by atoms with Gasteiger partial charge in [-0.05, 0) is 18.2 Å². The molecule has 1 aliphatic rings. The normalized spacial score (nSPS) is 25.4. The van der Waals surface area contributed by atoms with Crippen molar-refractivity contribution in [3.63, 3.8) is 0 Å². The zero-order valence-electron chi connectivity index (χ0n) is 13.8. The molecule has 0 spiro atoms. The van der Waals surface area contributed by atoms with Crippen LogP contribution in [-0.2, 0) is 4.74 Å². The monoisotopic (exact) mass is 394 g/mol. The van der Waals surface area contributed by atoms with E-state index in [4.69, 9.17) is 22.1 Å². The summed E-state index contributed by atoms with van der Waals surface area (Å²) in [5, 5.41) is 29.7. The molecule has 2 aromatic heterocycles. The number of anilines is 1. The molecular weight excluding hydrogens is 379 g/mol.